The third-order valence-corrected chi connectivity index (χ3v) is 9.08. The second kappa shape index (κ2) is 28.3. The van der Waals surface area contributed by atoms with Gasteiger partial charge < -0.3 is 10.6 Å². The van der Waals surface area contributed by atoms with E-state index in [0.717, 1.165) is 37.0 Å². The summed E-state index contributed by atoms with van der Waals surface area (Å²) in [6, 6.07) is 36.3. The molecular formula is C57H60N2. The Bertz CT molecular complexity index is 2340. The summed E-state index contributed by atoms with van der Waals surface area (Å²) in [7, 11) is 1.93. The van der Waals surface area contributed by atoms with Gasteiger partial charge in [-0.15, -0.1) is 6.42 Å². The molecule has 4 aromatic rings. The van der Waals surface area contributed by atoms with Crippen molar-refractivity contribution >= 4 is 11.6 Å². The van der Waals surface area contributed by atoms with E-state index in [4.69, 9.17) is 6.42 Å². The van der Waals surface area contributed by atoms with Crippen LogP contribution in [-0.4, -0.2) is 7.05 Å². The predicted octanol–water partition coefficient (Wildman–Crippen LogP) is 12.2. The summed E-state index contributed by atoms with van der Waals surface area (Å²) < 4.78 is 0. The molecule has 2 heteroatoms. The van der Waals surface area contributed by atoms with E-state index < -0.39 is 0 Å². The first-order valence-electron chi connectivity index (χ1n) is 20.1. The minimum atomic E-state index is 0.881. The topological polar surface area (TPSA) is 24.1 Å². The quantitative estimate of drug-likeness (QED) is 0.104. The van der Waals surface area contributed by atoms with Crippen LogP contribution in [0.25, 0.3) is 22.8 Å². The first kappa shape index (κ1) is 46.3. The molecule has 0 heterocycles. The highest BCUT2D eigenvalue weighted by atomic mass is 14.8. The molecule has 59 heavy (non-hydrogen) atoms. The Kier molecular flexibility index (Phi) is 22.2. The van der Waals surface area contributed by atoms with Crippen molar-refractivity contribution in [1.29, 1.82) is 0 Å². The Morgan fingerprint density at radius 3 is 2.10 bits per heavy atom. The molecule has 0 amide bonds. The normalized spacial score (nSPS) is 16.0. The standard InChI is InChI=1S/C26H24.C19H21N.C12H15N/c1-3-11-24-17-7-8-19-26(24)21(2)12-9-13-22-14-10-18-25(20-22)23-15-5-4-6-16-23;1-4-7-8-10-17-13-15-18(16-14-17)11-9-12-19(5-2)20-6-3;1-11-7-4-3-5-9-12(13-2)10-6-8-11/h3-12,14-20H,1,13H2,2H3;1,5-9,12-16,20H,3,10-11H2,2H3;3-8,10,13H,1,9H2,2H3/b12-9-,24-11-,26-21+;8-7-,12-9-,19-5+;5-3-,7-4-,8-6-,12-10+. The Balaban J connectivity index is 0.000000251. The molecule has 5 rings (SSSR count). The fraction of sp³-hybridized carbons (Fsp3) is 0.123. The van der Waals surface area contributed by atoms with Crippen LogP contribution >= 0.6 is 0 Å². The van der Waals surface area contributed by atoms with E-state index in [-0.39, 0.29) is 0 Å². The summed E-state index contributed by atoms with van der Waals surface area (Å²) in [4.78, 5) is 0. The predicted molar refractivity (Wildman–Crippen MR) is 261 cm³/mol. The Labute approximate surface area is 355 Å². The molecule has 0 fully saturated rings. The number of allylic oxidation sites excluding steroid dienone is 16. The number of benzene rings is 4. The second-order valence-electron chi connectivity index (χ2n) is 13.5. The average Bonchev–Trinajstić information content (AvgIpc) is 3.27. The lowest BCUT2D eigenvalue weighted by Gasteiger charge is -2.04. The number of nitrogens with one attached hydrogen (secondary N) is 2. The fourth-order valence-electron chi connectivity index (χ4n) is 5.89. The van der Waals surface area contributed by atoms with Gasteiger partial charge in [0, 0.05) is 24.9 Å². The molecule has 2 N–H and O–H groups in total. The van der Waals surface area contributed by atoms with Crippen LogP contribution in [0, 0.1) is 12.3 Å². The van der Waals surface area contributed by atoms with Gasteiger partial charge in [0.15, 0.2) is 0 Å². The molecule has 4 aromatic carbocycles. The summed E-state index contributed by atoms with van der Waals surface area (Å²) in [5.41, 5.74) is 10.9. The molecule has 1 aliphatic carbocycles. The summed E-state index contributed by atoms with van der Waals surface area (Å²) in [6.07, 6.45) is 43.0. The van der Waals surface area contributed by atoms with Crippen molar-refractivity contribution in [2.75, 3.05) is 7.05 Å². The van der Waals surface area contributed by atoms with Crippen molar-refractivity contribution in [2.45, 2.75) is 39.5 Å². The molecule has 0 spiro atoms. The first-order valence-corrected chi connectivity index (χ1v) is 20.1. The van der Waals surface area contributed by atoms with E-state index in [1.54, 1.807) is 12.3 Å². The Morgan fingerprint density at radius 1 is 0.746 bits per heavy atom. The van der Waals surface area contributed by atoms with E-state index in [1.165, 1.54) is 49.5 Å². The molecule has 0 aliphatic heterocycles. The summed E-state index contributed by atoms with van der Waals surface area (Å²) in [6.45, 7) is 15.5. The van der Waals surface area contributed by atoms with Crippen molar-refractivity contribution < 1.29 is 0 Å². The molecule has 2 nitrogen and oxygen atoms in total. The van der Waals surface area contributed by atoms with E-state index >= 15 is 0 Å². The third-order valence-electron chi connectivity index (χ3n) is 9.08. The van der Waals surface area contributed by atoms with Gasteiger partial charge in [-0.05, 0) is 107 Å². The monoisotopic (exact) mass is 772 g/mol. The Morgan fingerprint density at radius 2 is 1.41 bits per heavy atom. The maximum atomic E-state index is 5.17. The van der Waals surface area contributed by atoms with Crippen molar-refractivity contribution in [2.24, 2.45) is 0 Å². The highest BCUT2D eigenvalue weighted by Crippen LogP contribution is 2.20. The van der Waals surface area contributed by atoms with Gasteiger partial charge in [-0.3, -0.25) is 0 Å². The highest BCUT2D eigenvalue weighted by molar-refractivity contribution is 5.64. The smallest absolute Gasteiger partial charge is 0.0333 e. The number of terminal acetylenes is 1. The lowest BCUT2D eigenvalue weighted by molar-refractivity contribution is 0.939. The molecule has 0 unspecified atom stereocenters. The molecular weight excluding hydrogens is 713 g/mol. The molecule has 0 radical (unpaired) electrons. The van der Waals surface area contributed by atoms with Crippen LogP contribution in [0.15, 0.2) is 237 Å². The molecule has 298 valence electrons. The van der Waals surface area contributed by atoms with Crippen LogP contribution in [-0.2, 0) is 19.3 Å². The van der Waals surface area contributed by atoms with Crippen LogP contribution in [0.1, 0.15) is 37.0 Å². The summed E-state index contributed by atoms with van der Waals surface area (Å²) in [5, 5.41) is 8.67. The lowest BCUT2D eigenvalue weighted by Crippen LogP contribution is -2.25. The van der Waals surface area contributed by atoms with Gasteiger partial charge in [0.2, 0.25) is 0 Å². The zero-order chi connectivity index (χ0) is 42.3. The SMILES string of the molecule is C#C/C=C\Cc1ccc(C/C=C\C(=C/C)NC=C)cc1.C=C/C=c1/cccc/c1=C(C)\C=C/Cc1cccc(-c2ccccc2)c1.C=C1/C=C\C=C/C/C(NC)=C\C=C/1. The molecule has 0 saturated carbocycles. The zero-order valence-corrected chi connectivity index (χ0v) is 35.2. The minimum Gasteiger partial charge on any atom is -0.391 e. The van der Waals surface area contributed by atoms with Crippen LogP contribution in [0.4, 0.5) is 0 Å². The van der Waals surface area contributed by atoms with Crippen LogP contribution < -0.4 is 21.1 Å². The van der Waals surface area contributed by atoms with Crippen LogP contribution in [0.3, 0.4) is 0 Å². The summed E-state index contributed by atoms with van der Waals surface area (Å²) >= 11 is 0. The molecule has 0 aromatic heterocycles. The van der Waals surface area contributed by atoms with Crippen molar-refractivity contribution in [3.05, 3.63) is 264 Å². The number of rotatable bonds is 13. The van der Waals surface area contributed by atoms with E-state index in [1.807, 2.05) is 62.6 Å². The summed E-state index contributed by atoms with van der Waals surface area (Å²) in [5.74, 6) is 2.50. The Hall–Kier alpha value is -7.08. The van der Waals surface area contributed by atoms with Gasteiger partial charge in [0.25, 0.3) is 0 Å². The van der Waals surface area contributed by atoms with Gasteiger partial charge in [-0.1, -0.05) is 208 Å². The molecule has 0 atom stereocenters. The van der Waals surface area contributed by atoms with E-state index in [0.29, 0.717) is 0 Å². The van der Waals surface area contributed by atoms with Gasteiger partial charge in [-0.25, -0.2) is 0 Å². The maximum Gasteiger partial charge on any atom is 0.0333 e. The first-order chi connectivity index (χ1) is 28.9. The minimum absolute atomic E-state index is 0.881. The van der Waals surface area contributed by atoms with E-state index in [9.17, 15) is 0 Å². The van der Waals surface area contributed by atoms with Crippen LogP contribution in [0.2, 0.25) is 0 Å². The average molecular weight is 773 g/mol. The van der Waals surface area contributed by atoms with Gasteiger partial charge >= 0.3 is 0 Å². The van der Waals surface area contributed by atoms with Crippen LogP contribution in [0.5, 0.6) is 0 Å². The largest absolute Gasteiger partial charge is 0.391 e. The zero-order valence-electron chi connectivity index (χ0n) is 35.2. The third kappa shape index (κ3) is 18.6. The number of hydrogen-bond donors (Lipinski definition) is 2. The molecule has 0 bridgehead atoms. The maximum absolute atomic E-state index is 5.17. The number of hydrogen-bond acceptors (Lipinski definition) is 2. The van der Waals surface area contributed by atoms with E-state index in [2.05, 4.69) is 189 Å². The molecule has 1 aliphatic rings. The fourth-order valence-corrected chi connectivity index (χ4v) is 5.89. The van der Waals surface area contributed by atoms with Gasteiger partial charge in [0.05, 0.1) is 0 Å². The molecule has 0 saturated heterocycles. The second-order valence-corrected chi connectivity index (χ2v) is 13.5. The van der Waals surface area contributed by atoms with Gasteiger partial charge in [0.1, 0.15) is 0 Å². The van der Waals surface area contributed by atoms with Crippen molar-refractivity contribution in [3.8, 4) is 23.5 Å². The van der Waals surface area contributed by atoms with Gasteiger partial charge in [-0.2, -0.15) is 0 Å². The van der Waals surface area contributed by atoms with Crippen molar-refractivity contribution in [1.82, 2.24) is 10.6 Å². The lowest BCUT2D eigenvalue weighted by atomic mass is 10.0. The van der Waals surface area contributed by atoms with Crippen molar-refractivity contribution in [3.63, 3.8) is 0 Å². The highest BCUT2D eigenvalue weighted by Gasteiger charge is 1.98.